The molecule has 0 saturated carbocycles. The highest BCUT2D eigenvalue weighted by molar-refractivity contribution is 7.14. The van der Waals surface area contributed by atoms with Crippen molar-refractivity contribution in [3.8, 4) is 11.3 Å². The van der Waals surface area contributed by atoms with E-state index in [2.05, 4.69) is 26.4 Å². The van der Waals surface area contributed by atoms with Crippen LogP contribution in [0.3, 0.4) is 0 Å². The molecule has 1 amide bonds. The Balaban J connectivity index is 1.65. The van der Waals surface area contributed by atoms with E-state index in [1.165, 1.54) is 17.5 Å². The highest BCUT2D eigenvalue weighted by Crippen LogP contribution is 2.29. The number of anilines is 2. The summed E-state index contributed by atoms with van der Waals surface area (Å²) in [6, 6.07) is 9.85. The first-order valence-electron chi connectivity index (χ1n) is 9.38. The van der Waals surface area contributed by atoms with Crippen molar-refractivity contribution in [2.75, 3.05) is 29.4 Å². The van der Waals surface area contributed by atoms with Crippen LogP contribution in [0.25, 0.3) is 11.3 Å². The van der Waals surface area contributed by atoms with Crippen LogP contribution in [0.2, 0.25) is 5.02 Å². The van der Waals surface area contributed by atoms with Gasteiger partial charge in [-0.05, 0) is 12.8 Å². The molecule has 1 fully saturated rings. The number of carbonyl (C=O) groups excluding carboxylic acids is 1. The fourth-order valence-electron chi connectivity index (χ4n) is 3.21. The number of benzene rings is 1. The third-order valence-corrected chi connectivity index (χ3v) is 5.81. The Hall–Kier alpha value is -2.77. The zero-order valence-electron chi connectivity index (χ0n) is 15.8. The first-order chi connectivity index (χ1) is 14.2. The lowest BCUT2D eigenvalue weighted by molar-refractivity contribution is 0.0985. The Morgan fingerprint density at radius 2 is 2.00 bits per heavy atom. The number of hydrogen-bond donors (Lipinski definition) is 0. The van der Waals surface area contributed by atoms with Crippen molar-refractivity contribution < 1.29 is 4.79 Å². The zero-order valence-corrected chi connectivity index (χ0v) is 17.4. The van der Waals surface area contributed by atoms with Gasteiger partial charge in [0.25, 0.3) is 5.91 Å². The van der Waals surface area contributed by atoms with Gasteiger partial charge in [-0.1, -0.05) is 48.0 Å². The number of halogens is 1. The van der Waals surface area contributed by atoms with E-state index < -0.39 is 0 Å². The van der Waals surface area contributed by atoms with Gasteiger partial charge in [0.15, 0.2) is 10.8 Å². The molecule has 8 heteroatoms. The number of aromatic nitrogens is 3. The van der Waals surface area contributed by atoms with Crippen molar-refractivity contribution in [3.63, 3.8) is 0 Å². The maximum atomic E-state index is 13.3. The van der Waals surface area contributed by atoms with Crippen LogP contribution in [0.5, 0.6) is 0 Å². The van der Waals surface area contributed by atoms with E-state index >= 15 is 0 Å². The van der Waals surface area contributed by atoms with Gasteiger partial charge in [0.05, 0.1) is 16.9 Å². The minimum atomic E-state index is -0.313. The molecule has 0 atom stereocenters. The van der Waals surface area contributed by atoms with E-state index in [0.29, 0.717) is 17.6 Å². The van der Waals surface area contributed by atoms with Crippen LogP contribution in [0.15, 0.2) is 54.6 Å². The molecular weight excluding hydrogens is 406 g/mol. The molecule has 1 aliphatic heterocycles. The third-order valence-electron chi connectivity index (χ3n) is 4.67. The van der Waals surface area contributed by atoms with Crippen molar-refractivity contribution >= 4 is 39.9 Å². The lowest BCUT2D eigenvalue weighted by atomic mass is 10.2. The van der Waals surface area contributed by atoms with Crippen molar-refractivity contribution in [3.05, 3.63) is 65.3 Å². The number of thiazole rings is 1. The quantitative estimate of drug-likeness (QED) is 0.536. The molecule has 0 spiro atoms. The summed E-state index contributed by atoms with van der Waals surface area (Å²) < 4.78 is 0. The molecular formula is C21H20ClN5OS. The smallest absolute Gasteiger partial charge is 0.280 e. The summed E-state index contributed by atoms with van der Waals surface area (Å²) in [5, 5.41) is 2.74. The topological polar surface area (TPSA) is 62.2 Å². The summed E-state index contributed by atoms with van der Waals surface area (Å²) in [7, 11) is 0. The van der Waals surface area contributed by atoms with E-state index in [0.717, 1.165) is 37.2 Å². The third kappa shape index (κ3) is 4.16. The van der Waals surface area contributed by atoms with Crippen molar-refractivity contribution in [2.24, 2.45) is 0 Å². The molecule has 4 rings (SSSR count). The van der Waals surface area contributed by atoms with E-state index in [1.807, 2.05) is 35.7 Å². The fraction of sp³-hybridized carbons (Fsp3) is 0.238. The molecule has 0 radical (unpaired) electrons. The maximum Gasteiger partial charge on any atom is 0.280 e. The molecule has 1 aromatic carbocycles. The number of hydrogen-bond acceptors (Lipinski definition) is 6. The summed E-state index contributed by atoms with van der Waals surface area (Å²) in [5.41, 5.74) is 2.00. The summed E-state index contributed by atoms with van der Waals surface area (Å²) in [4.78, 5) is 30.4. The largest absolute Gasteiger partial charge is 0.341 e. The van der Waals surface area contributed by atoms with Gasteiger partial charge in [0, 0.05) is 30.6 Å². The predicted molar refractivity (Wildman–Crippen MR) is 118 cm³/mol. The lowest BCUT2D eigenvalue weighted by Gasteiger charge is -2.20. The molecule has 0 N–H and O–H groups in total. The molecule has 2 aromatic heterocycles. The Labute approximate surface area is 178 Å². The number of nitrogens with zero attached hydrogens (tertiary/aromatic N) is 5. The Morgan fingerprint density at radius 1 is 1.24 bits per heavy atom. The van der Waals surface area contributed by atoms with Crippen molar-refractivity contribution in [1.29, 1.82) is 0 Å². The predicted octanol–water partition coefficient (Wildman–Crippen LogP) is 4.69. The van der Waals surface area contributed by atoms with E-state index in [1.54, 1.807) is 11.0 Å². The summed E-state index contributed by atoms with van der Waals surface area (Å²) >= 11 is 7.70. The molecule has 0 unspecified atom stereocenters. The Kier molecular flexibility index (Phi) is 5.87. The number of rotatable bonds is 6. The SMILES string of the molecule is C=CCN(C(=O)c1nc(N2CCCC2)ncc1Cl)c1nc(-c2ccccc2)cs1. The molecule has 6 nitrogen and oxygen atoms in total. The molecule has 3 aromatic rings. The first kappa shape index (κ1) is 19.5. The van der Waals surface area contributed by atoms with Crippen LogP contribution in [-0.2, 0) is 0 Å². The molecule has 29 heavy (non-hydrogen) atoms. The van der Waals surface area contributed by atoms with Gasteiger partial charge in [0.2, 0.25) is 5.95 Å². The van der Waals surface area contributed by atoms with Crippen LogP contribution in [0.4, 0.5) is 11.1 Å². The standard InChI is InChI=1S/C21H20ClN5OS/c1-2-10-27(21-24-17(14-29-21)15-8-4-3-5-9-15)19(28)18-16(22)13-23-20(25-18)26-11-6-7-12-26/h2-5,8-9,13-14H,1,6-7,10-12H2. The number of carbonyl (C=O) groups is 1. The summed E-state index contributed by atoms with van der Waals surface area (Å²) in [6.45, 7) is 5.86. The minimum Gasteiger partial charge on any atom is -0.341 e. The Bertz CT molecular complexity index is 1020. The van der Waals surface area contributed by atoms with Gasteiger partial charge in [-0.3, -0.25) is 9.69 Å². The Morgan fingerprint density at radius 3 is 2.72 bits per heavy atom. The van der Waals surface area contributed by atoms with Crippen LogP contribution >= 0.6 is 22.9 Å². The second-order valence-corrected chi connectivity index (χ2v) is 7.89. The number of amides is 1. The average molecular weight is 426 g/mol. The minimum absolute atomic E-state index is 0.182. The highest BCUT2D eigenvalue weighted by atomic mass is 35.5. The van der Waals surface area contributed by atoms with Crippen LogP contribution < -0.4 is 9.80 Å². The van der Waals surface area contributed by atoms with Crippen LogP contribution in [0, 0.1) is 0 Å². The fourth-order valence-corrected chi connectivity index (χ4v) is 4.23. The van der Waals surface area contributed by atoms with Crippen molar-refractivity contribution in [1.82, 2.24) is 15.0 Å². The molecule has 1 aliphatic rings. The van der Waals surface area contributed by atoms with Gasteiger partial charge in [-0.2, -0.15) is 0 Å². The van der Waals surface area contributed by atoms with Crippen molar-refractivity contribution in [2.45, 2.75) is 12.8 Å². The molecule has 0 bridgehead atoms. The first-order valence-corrected chi connectivity index (χ1v) is 10.6. The summed E-state index contributed by atoms with van der Waals surface area (Å²) in [6.07, 6.45) is 5.36. The van der Waals surface area contributed by atoms with Gasteiger partial charge in [0.1, 0.15) is 0 Å². The monoisotopic (exact) mass is 425 g/mol. The normalized spacial score (nSPS) is 13.5. The maximum absolute atomic E-state index is 13.3. The zero-order chi connectivity index (χ0) is 20.2. The van der Waals surface area contributed by atoms with Crippen LogP contribution in [0.1, 0.15) is 23.3 Å². The van der Waals surface area contributed by atoms with Gasteiger partial charge in [-0.25, -0.2) is 15.0 Å². The average Bonchev–Trinajstić information content (AvgIpc) is 3.45. The van der Waals surface area contributed by atoms with Gasteiger partial charge in [-0.15, -0.1) is 17.9 Å². The van der Waals surface area contributed by atoms with Gasteiger partial charge < -0.3 is 4.90 Å². The second-order valence-electron chi connectivity index (χ2n) is 6.65. The van der Waals surface area contributed by atoms with Gasteiger partial charge >= 0.3 is 0 Å². The highest BCUT2D eigenvalue weighted by Gasteiger charge is 2.25. The molecule has 3 heterocycles. The molecule has 148 valence electrons. The summed E-state index contributed by atoms with van der Waals surface area (Å²) in [5.74, 6) is 0.227. The van der Waals surface area contributed by atoms with E-state index in [9.17, 15) is 4.79 Å². The lowest BCUT2D eigenvalue weighted by Crippen LogP contribution is -2.32. The van der Waals surface area contributed by atoms with Crippen LogP contribution in [-0.4, -0.2) is 40.5 Å². The van der Waals surface area contributed by atoms with E-state index in [-0.39, 0.29) is 16.6 Å². The molecule has 1 saturated heterocycles. The van der Waals surface area contributed by atoms with E-state index in [4.69, 9.17) is 11.6 Å². The second kappa shape index (κ2) is 8.71. The molecule has 0 aliphatic carbocycles.